The lowest BCUT2D eigenvalue weighted by Gasteiger charge is -2.13. The summed E-state index contributed by atoms with van der Waals surface area (Å²) in [5, 5.41) is 19.3. The molecular weight excluding hydrogens is 435 g/mol. The molecule has 1 heterocycles. The highest BCUT2D eigenvalue weighted by Gasteiger charge is 2.19. The molecular formula is C25H16ClFO5. The molecule has 0 aliphatic rings. The van der Waals surface area contributed by atoms with Crippen molar-refractivity contribution in [2.45, 2.75) is 6.42 Å². The van der Waals surface area contributed by atoms with E-state index >= 15 is 0 Å². The Kier molecular flexibility index (Phi) is 5.79. The Labute approximate surface area is 186 Å². The summed E-state index contributed by atoms with van der Waals surface area (Å²) in [6, 6.07) is 15.4. The van der Waals surface area contributed by atoms with Crippen LogP contribution in [-0.2, 0) is 11.2 Å². The maximum Gasteiger partial charge on any atom is 0.344 e. The van der Waals surface area contributed by atoms with E-state index in [0.29, 0.717) is 28.5 Å². The first-order chi connectivity index (χ1) is 15.3. The molecule has 2 N–H and O–H groups in total. The molecule has 0 fully saturated rings. The second kappa shape index (κ2) is 8.69. The van der Waals surface area contributed by atoms with Gasteiger partial charge in [-0.1, -0.05) is 35.9 Å². The summed E-state index contributed by atoms with van der Waals surface area (Å²) in [6.07, 6.45) is 2.84. The molecule has 0 aliphatic heterocycles. The summed E-state index contributed by atoms with van der Waals surface area (Å²) in [5.74, 6) is -1.62. The van der Waals surface area contributed by atoms with Gasteiger partial charge in [0.1, 0.15) is 17.1 Å². The number of aromatic hydroxyl groups is 1. The van der Waals surface area contributed by atoms with Crippen LogP contribution in [0.1, 0.15) is 16.7 Å². The van der Waals surface area contributed by atoms with Crippen LogP contribution in [0.2, 0.25) is 5.02 Å². The van der Waals surface area contributed by atoms with Crippen LogP contribution in [-0.4, -0.2) is 16.2 Å². The maximum absolute atomic E-state index is 13.6. The van der Waals surface area contributed by atoms with Crippen LogP contribution < -0.4 is 5.63 Å². The number of aliphatic carboxylic acids is 1. The fourth-order valence-electron chi connectivity index (χ4n) is 3.52. The van der Waals surface area contributed by atoms with Gasteiger partial charge in [0, 0.05) is 23.1 Å². The van der Waals surface area contributed by atoms with E-state index in [1.165, 1.54) is 30.3 Å². The van der Waals surface area contributed by atoms with Gasteiger partial charge in [-0.05, 0) is 59.5 Å². The standard InChI is InChI=1S/C25H16ClFO5/c26-21-12-16(27)6-8-19(21)24-20(18-9-7-17(28)13-22(18)32-25(24)31)11-15-3-1-14(2-4-15)5-10-23(29)30/h1-10,12-13,28H,11H2,(H,29,30)/b10-5+. The van der Waals surface area contributed by atoms with E-state index in [9.17, 15) is 19.1 Å². The van der Waals surface area contributed by atoms with E-state index in [2.05, 4.69) is 0 Å². The Bertz CT molecular complexity index is 1420. The molecule has 160 valence electrons. The fraction of sp³-hybridized carbons (Fsp3) is 0.0400. The molecule has 7 heteroatoms. The molecule has 0 saturated carbocycles. The lowest BCUT2D eigenvalue weighted by Crippen LogP contribution is -2.09. The maximum atomic E-state index is 13.6. The lowest BCUT2D eigenvalue weighted by atomic mass is 9.93. The number of phenols is 1. The van der Waals surface area contributed by atoms with Crippen LogP contribution in [0.5, 0.6) is 5.75 Å². The lowest BCUT2D eigenvalue weighted by molar-refractivity contribution is -0.131. The van der Waals surface area contributed by atoms with E-state index in [1.54, 1.807) is 18.2 Å². The van der Waals surface area contributed by atoms with Crippen LogP contribution in [0.15, 0.2) is 76.0 Å². The summed E-state index contributed by atoms with van der Waals surface area (Å²) in [4.78, 5) is 23.6. The molecule has 0 atom stereocenters. The van der Waals surface area contributed by atoms with Gasteiger partial charge in [-0.15, -0.1) is 0 Å². The molecule has 0 aliphatic carbocycles. The first-order valence-corrected chi connectivity index (χ1v) is 9.93. The first kappa shape index (κ1) is 21.3. The molecule has 0 unspecified atom stereocenters. The Morgan fingerprint density at radius 1 is 1.06 bits per heavy atom. The van der Waals surface area contributed by atoms with E-state index in [0.717, 1.165) is 17.7 Å². The zero-order chi connectivity index (χ0) is 22.8. The van der Waals surface area contributed by atoms with Gasteiger partial charge in [0.25, 0.3) is 0 Å². The minimum atomic E-state index is -1.04. The van der Waals surface area contributed by atoms with Gasteiger partial charge >= 0.3 is 11.6 Å². The fourth-order valence-corrected chi connectivity index (χ4v) is 3.78. The molecule has 0 amide bonds. The summed E-state index contributed by atoms with van der Waals surface area (Å²) in [5.41, 5.74) is 2.27. The second-order valence-corrected chi connectivity index (χ2v) is 7.54. The quantitative estimate of drug-likeness (QED) is 0.303. The Hall–Kier alpha value is -3.90. The number of carboxylic acids is 1. The van der Waals surface area contributed by atoms with Gasteiger partial charge in [0.05, 0.1) is 10.6 Å². The average Bonchev–Trinajstić information content (AvgIpc) is 2.74. The second-order valence-electron chi connectivity index (χ2n) is 7.14. The summed E-state index contributed by atoms with van der Waals surface area (Å²) in [7, 11) is 0. The van der Waals surface area contributed by atoms with E-state index in [4.69, 9.17) is 21.1 Å². The Morgan fingerprint density at radius 2 is 1.81 bits per heavy atom. The highest BCUT2D eigenvalue weighted by Crippen LogP contribution is 2.34. The number of carbonyl (C=O) groups is 1. The average molecular weight is 451 g/mol. The summed E-state index contributed by atoms with van der Waals surface area (Å²) in [6.45, 7) is 0. The molecule has 4 rings (SSSR count). The number of phenolic OH excluding ortho intramolecular Hbond substituents is 1. The Balaban J connectivity index is 1.88. The van der Waals surface area contributed by atoms with Crippen LogP contribution in [0.25, 0.3) is 28.2 Å². The van der Waals surface area contributed by atoms with Gasteiger partial charge in [-0.2, -0.15) is 0 Å². The van der Waals surface area contributed by atoms with Crippen LogP contribution in [0.3, 0.4) is 0 Å². The van der Waals surface area contributed by atoms with Gasteiger partial charge in [0.2, 0.25) is 0 Å². The SMILES string of the molecule is O=C(O)/C=C/c1ccc(Cc2c(-c3ccc(F)cc3Cl)c(=O)oc3cc(O)ccc23)cc1. The number of carboxylic acid groups (broad SMARTS) is 1. The van der Waals surface area contributed by atoms with Crippen molar-refractivity contribution in [3.05, 3.63) is 105 Å². The van der Waals surface area contributed by atoms with Crippen LogP contribution >= 0.6 is 11.6 Å². The van der Waals surface area contributed by atoms with Crippen molar-refractivity contribution < 1.29 is 23.8 Å². The topological polar surface area (TPSA) is 87.7 Å². The van der Waals surface area contributed by atoms with Gasteiger partial charge in [-0.3, -0.25) is 0 Å². The highest BCUT2D eigenvalue weighted by molar-refractivity contribution is 6.33. The van der Waals surface area contributed by atoms with E-state index < -0.39 is 17.4 Å². The largest absolute Gasteiger partial charge is 0.508 e. The predicted octanol–water partition coefficient (Wildman–Crippen LogP) is 5.65. The number of hydrogen-bond donors (Lipinski definition) is 2. The minimum absolute atomic E-state index is 0.0475. The molecule has 4 aromatic rings. The number of benzene rings is 3. The molecule has 0 bridgehead atoms. The third-order valence-electron chi connectivity index (χ3n) is 4.98. The van der Waals surface area contributed by atoms with E-state index in [1.807, 2.05) is 12.1 Å². The third kappa shape index (κ3) is 4.40. The molecule has 0 saturated heterocycles. The van der Waals surface area contributed by atoms with Gasteiger partial charge in [0.15, 0.2) is 0 Å². The number of fused-ring (bicyclic) bond motifs is 1. The summed E-state index contributed by atoms with van der Waals surface area (Å²) >= 11 is 6.25. The third-order valence-corrected chi connectivity index (χ3v) is 5.29. The first-order valence-electron chi connectivity index (χ1n) is 9.56. The molecule has 1 aromatic heterocycles. The van der Waals surface area contributed by atoms with Crippen molar-refractivity contribution in [2.24, 2.45) is 0 Å². The van der Waals surface area contributed by atoms with Crippen molar-refractivity contribution in [3.8, 4) is 16.9 Å². The smallest absolute Gasteiger partial charge is 0.344 e. The molecule has 0 radical (unpaired) electrons. The van der Waals surface area contributed by atoms with Crippen LogP contribution in [0, 0.1) is 5.82 Å². The van der Waals surface area contributed by atoms with Crippen molar-refractivity contribution >= 4 is 34.6 Å². The van der Waals surface area contributed by atoms with Gasteiger partial charge in [-0.25, -0.2) is 14.0 Å². The molecule has 32 heavy (non-hydrogen) atoms. The molecule has 0 spiro atoms. The number of hydrogen-bond acceptors (Lipinski definition) is 4. The van der Waals surface area contributed by atoms with Crippen molar-refractivity contribution in [3.63, 3.8) is 0 Å². The van der Waals surface area contributed by atoms with Crippen molar-refractivity contribution in [2.75, 3.05) is 0 Å². The van der Waals surface area contributed by atoms with Crippen molar-refractivity contribution in [1.29, 1.82) is 0 Å². The van der Waals surface area contributed by atoms with Crippen molar-refractivity contribution in [1.82, 2.24) is 0 Å². The van der Waals surface area contributed by atoms with Gasteiger partial charge < -0.3 is 14.6 Å². The summed E-state index contributed by atoms with van der Waals surface area (Å²) < 4.78 is 19.0. The number of rotatable bonds is 5. The zero-order valence-electron chi connectivity index (χ0n) is 16.5. The minimum Gasteiger partial charge on any atom is -0.508 e. The Morgan fingerprint density at radius 3 is 2.50 bits per heavy atom. The molecule has 5 nitrogen and oxygen atoms in total. The van der Waals surface area contributed by atoms with Crippen LogP contribution in [0.4, 0.5) is 4.39 Å². The highest BCUT2D eigenvalue weighted by atomic mass is 35.5. The molecule has 3 aromatic carbocycles. The monoisotopic (exact) mass is 450 g/mol. The normalized spacial score (nSPS) is 11.3. The van der Waals surface area contributed by atoms with E-state index in [-0.39, 0.29) is 21.9 Å². The predicted molar refractivity (Wildman–Crippen MR) is 120 cm³/mol. The number of halogens is 2. The zero-order valence-corrected chi connectivity index (χ0v) is 17.3.